The normalized spacial score (nSPS) is 33.8. The number of hydrogen-bond acceptors (Lipinski definition) is 4. The molecule has 1 aromatic carbocycles. The van der Waals surface area contributed by atoms with E-state index in [1.807, 2.05) is 24.3 Å². The molecule has 0 aromatic heterocycles. The summed E-state index contributed by atoms with van der Waals surface area (Å²) < 4.78 is 22.4. The molecule has 2 fully saturated rings. The second kappa shape index (κ2) is 4.78. The van der Waals surface area contributed by atoms with Gasteiger partial charge in [-0.2, -0.15) is 0 Å². The Hall–Kier alpha value is -1.10. The average molecular weight is 264 g/mol. The predicted octanol–water partition coefficient (Wildman–Crippen LogP) is 2.68. The van der Waals surface area contributed by atoms with Crippen molar-refractivity contribution in [2.45, 2.75) is 43.9 Å². The van der Waals surface area contributed by atoms with Crippen LogP contribution < -0.4 is 4.74 Å². The van der Waals surface area contributed by atoms with Crippen LogP contribution in [0.2, 0.25) is 0 Å². The Kier molecular flexibility index (Phi) is 3.25. The van der Waals surface area contributed by atoms with Gasteiger partial charge in [0.1, 0.15) is 11.9 Å². The van der Waals surface area contributed by atoms with Gasteiger partial charge in [0, 0.05) is 12.7 Å². The number of hydrogen-bond donors (Lipinski definition) is 0. The lowest BCUT2D eigenvalue weighted by atomic mass is 10.0. The summed E-state index contributed by atoms with van der Waals surface area (Å²) in [4.78, 5) is 0. The fourth-order valence-corrected chi connectivity index (χ4v) is 2.85. The number of benzene rings is 1. The smallest absolute Gasteiger partial charge is 0.184 e. The van der Waals surface area contributed by atoms with Crippen LogP contribution in [0.3, 0.4) is 0 Å². The summed E-state index contributed by atoms with van der Waals surface area (Å²) in [5.74, 6) is 0.830. The number of epoxide rings is 1. The first kappa shape index (κ1) is 12.9. The van der Waals surface area contributed by atoms with Gasteiger partial charge in [-0.3, -0.25) is 0 Å². The van der Waals surface area contributed by atoms with Gasteiger partial charge in [-0.1, -0.05) is 12.1 Å². The van der Waals surface area contributed by atoms with Crippen molar-refractivity contribution in [3.8, 4) is 5.75 Å². The van der Waals surface area contributed by atoms with E-state index in [4.69, 9.17) is 18.9 Å². The minimum atomic E-state index is -0.362. The van der Waals surface area contributed by atoms with Crippen molar-refractivity contribution < 1.29 is 18.9 Å². The highest BCUT2D eigenvalue weighted by atomic mass is 16.7. The summed E-state index contributed by atoms with van der Waals surface area (Å²) in [6.07, 6.45) is 2.39. The second-order valence-electron chi connectivity index (χ2n) is 5.41. The Balaban J connectivity index is 1.72. The van der Waals surface area contributed by atoms with Crippen molar-refractivity contribution in [3.63, 3.8) is 0 Å². The van der Waals surface area contributed by atoms with Crippen LogP contribution in [0.15, 0.2) is 24.3 Å². The van der Waals surface area contributed by atoms with Gasteiger partial charge < -0.3 is 18.9 Å². The predicted molar refractivity (Wildman–Crippen MR) is 70.1 cm³/mol. The molecular formula is C15H20O4. The molecule has 0 N–H and O–H groups in total. The highest BCUT2D eigenvalue weighted by Crippen LogP contribution is 2.49. The van der Waals surface area contributed by atoms with Crippen LogP contribution >= 0.6 is 0 Å². The molecule has 0 radical (unpaired) electrons. The first-order valence-electron chi connectivity index (χ1n) is 6.66. The first-order chi connectivity index (χ1) is 9.16. The Morgan fingerprint density at radius 2 is 2.00 bits per heavy atom. The summed E-state index contributed by atoms with van der Waals surface area (Å²) in [6.45, 7) is 2.11. The fraction of sp³-hybridized carbons (Fsp3) is 0.600. The van der Waals surface area contributed by atoms with E-state index in [2.05, 4.69) is 6.92 Å². The third-order valence-electron chi connectivity index (χ3n) is 4.09. The molecule has 4 nitrogen and oxygen atoms in total. The molecule has 1 aliphatic carbocycles. The molecule has 0 spiro atoms. The van der Waals surface area contributed by atoms with Crippen molar-refractivity contribution in [1.29, 1.82) is 0 Å². The molecule has 1 saturated carbocycles. The second-order valence-corrected chi connectivity index (χ2v) is 5.41. The van der Waals surface area contributed by atoms with Gasteiger partial charge in [-0.15, -0.1) is 0 Å². The topological polar surface area (TPSA) is 40.2 Å². The zero-order valence-electron chi connectivity index (χ0n) is 11.6. The molecule has 1 heterocycles. The van der Waals surface area contributed by atoms with E-state index in [9.17, 15) is 0 Å². The van der Waals surface area contributed by atoms with Gasteiger partial charge in [-0.05, 0) is 31.9 Å². The van der Waals surface area contributed by atoms with E-state index >= 15 is 0 Å². The maximum absolute atomic E-state index is 6.17. The van der Waals surface area contributed by atoms with Crippen LogP contribution in [0.4, 0.5) is 0 Å². The van der Waals surface area contributed by atoms with E-state index in [1.54, 1.807) is 14.2 Å². The summed E-state index contributed by atoms with van der Waals surface area (Å²) >= 11 is 0. The van der Waals surface area contributed by atoms with E-state index < -0.39 is 0 Å². The van der Waals surface area contributed by atoms with Crippen LogP contribution in [0.25, 0.3) is 0 Å². The number of rotatable bonds is 5. The highest BCUT2D eigenvalue weighted by Gasteiger charge is 2.59. The maximum Gasteiger partial charge on any atom is 0.184 e. The van der Waals surface area contributed by atoms with Crippen molar-refractivity contribution in [2.24, 2.45) is 0 Å². The molecule has 1 aliphatic heterocycles. The van der Waals surface area contributed by atoms with Crippen molar-refractivity contribution >= 4 is 0 Å². The lowest BCUT2D eigenvalue weighted by molar-refractivity contribution is -0.205. The van der Waals surface area contributed by atoms with Crippen LogP contribution in [-0.2, 0) is 14.2 Å². The van der Waals surface area contributed by atoms with Crippen LogP contribution in [-0.4, -0.2) is 32.0 Å². The van der Waals surface area contributed by atoms with E-state index in [1.165, 1.54) is 0 Å². The Labute approximate surface area is 113 Å². The third-order valence-corrected chi connectivity index (χ3v) is 4.09. The Morgan fingerprint density at radius 3 is 2.47 bits per heavy atom. The highest BCUT2D eigenvalue weighted by molar-refractivity contribution is 5.28. The number of ether oxygens (including phenoxy) is 4. The Bertz CT molecular complexity index is 444. The number of methoxy groups -OCH3 is 2. The average Bonchev–Trinajstić information content (AvgIpc) is 3.17. The van der Waals surface area contributed by atoms with Gasteiger partial charge in [0.15, 0.2) is 6.29 Å². The molecule has 2 aliphatic rings. The third kappa shape index (κ3) is 2.36. The number of fused-ring (bicyclic) bond motifs is 1. The van der Waals surface area contributed by atoms with Gasteiger partial charge in [0.2, 0.25) is 0 Å². The summed E-state index contributed by atoms with van der Waals surface area (Å²) in [7, 11) is 3.32. The van der Waals surface area contributed by atoms with Crippen molar-refractivity contribution in [2.75, 3.05) is 14.2 Å². The molecule has 19 heavy (non-hydrogen) atoms. The Morgan fingerprint density at radius 1 is 1.26 bits per heavy atom. The molecule has 1 unspecified atom stereocenters. The van der Waals surface area contributed by atoms with Crippen molar-refractivity contribution in [3.05, 3.63) is 29.8 Å². The zero-order chi connectivity index (χ0) is 13.5. The largest absolute Gasteiger partial charge is 0.497 e. The molecule has 4 atom stereocenters. The van der Waals surface area contributed by atoms with Crippen LogP contribution in [0.1, 0.15) is 31.6 Å². The zero-order valence-corrected chi connectivity index (χ0v) is 11.6. The molecule has 3 rings (SSSR count). The standard InChI is InChI=1S/C15H20O4/c1-15(9-8-12-13(15)18-12)19-14(17-3)10-4-6-11(16-2)7-5-10/h4-7,12-14H,8-9H2,1-3H3/t12-,13-,14?,15+/m0/s1. The quantitative estimate of drug-likeness (QED) is 0.605. The minimum Gasteiger partial charge on any atom is -0.497 e. The molecule has 0 bridgehead atoms. The fourth-order valence-electron chi connectivity index (χ4n) is 2.85. The van der Waals surface area contributed by atoms with Gasteiger partial charge in [0.25, 0.3) is 0 Å². The molecular weight excluding hydrogens is 244 g/mol. The van der Waals surface area contributed by atoms with Crippen LogP contribution in [0.5, 0.6) is 5.75 Å². The van der Waals surface area contributed by atoms with Gasteiger partial charge >= 0.3 is 0 Å². The summed E-state index contributed by atoms with van der Waals surface area (Å²) in [6, 6.07) is 7.77. The van der Waals surface area contributed by atoms with Gasteiger partial charge in [0.05, 0.1) is 18.8 Å². The SMILES string of the molecule is COc1ccc(C(OC)O[C@]2(C)CC[C@@H]3O[C@@H]32)cc1. The first-order valence-corrected chi connectivity index (χ1v) is 6.66. The molecule has 104 valence electrons. The molecule has 4 heteroatoms. The molecule has 0 amide bonds. The van der Waals surface area contributed by atoms with Gasteiger partial charge in [-0.25, -0.2) is 0 Å². The van der Waals surface area contributed by atoms with E-state index in [-0.39, 0.29) is 18.0 Å². The van der Waals surface area contributed by atoms with E-state index in [0.29, 0.717) is 6.10 Å². The lowest BCUT2D eigenvalue weighted by Gasteiger charge is -2.30. The molecule has 1 saturated heterocycles. The molecule has 1 aromatic rings. The van der Waals surface area contributed by atoms with E-state index in [0.717, 1.165) is 24.2 Å². The monoisotopic (exact) mass is 264 g/mol. The van der Waals surface area contributed by atoms with Crippen molar-refractivity contribution in [1.82, 2.24) is 0 Å². The lowest BCUT2D eigenvalue weighted by Crippen LogP contribution is -2.34. The summed E-state index contributed by atoms with van der Waals surface area (Å²) in [5.41, 5.74) is 0.763. The maximum atomic E-state index is 6.17. The van der Waals surface area contributed by atoms with Crippen LogP contribution in [0, 0.1) is 0 Å². The minimum absolute atomic E-state index is 0.231. The summed E-state index contributed by atoms with van der Waals surface area (Å²) in [5, 5.41) is 0.